The van der Waals surface area contributed by atoms with Crippen molar-refractivity contribution >= 4 is 33.7 Å². The van der Waals surface area contributed by atoms with E-state index >= 15 is 0 Å². The van der Waals surface area contributed by atoms with Crippen LogP contribution in [0, 0.1) is 6.92 Å². The molecule has 188 valence electrons. The zero-order chi connectivity index (χ0) is 25.4. The molecule has 0 bridgehead atoms. The minimum absolute atomic E-state index is 0.0114. The third-order valence-corrected chi connectivity index (χ3v) is 7.14. The van der Waals surface area contributed by atoms with Gasteiger partial charge in [0.1, 0.15) is 11.4 Å². The maximum atomic E-state index is 12.7. The summed E-state index contributed by atoms with van der Waals surface area (Å²) in [7, 11) is 0. The Balaban J connectivity index is 1.50. The molecule has 1 aromatic carbocycles. The van der Waals surface area contributed by atoms with Crippen molar-refractivity contribution in [3.05, 3.63) is 81.6 Å². The third kappa shape index (κ3) is 5.11. The number of halogens is 1. The molecule has 36 heavy (non-hydrogen) atoms. The zero-order valence-electron chi connectivity index (χ0n) is 21.2. The highest BCUT2D eigenvalue weighted by Crippen LogP contribution is 2.40. The van der Waals surface area contributed by atoms with E-state index in [1.165, 1.54) is 16.7 Å². The molecule has 0 saturated carbocycles. The number of carbonyl (C=O) groups excluding carboxylic acids is 1. The first-order valence-corrected chi connectivity index (χ1v) is 13.1. The summed E-state index contributed by atoms with van der Waals surface area (Å²) in [5, 5.41) is 0. The van der Waals surface area contributed by atoms with Crippen molar-refractivity contribution in [1.29, 1.82) is 0 Å². The molecule has 2 aliphatic rings. The third-order valence-electron chi connectivity index (χ3n) is 6.71. The molecule has 0 radical (unpaired) electrons. The highest BCUT2D eigenvalue weighted by Gasteiger charge is 2.34. The first-order chi connectivity index (χ1) is 17.2. The van der Waals surface area contributed by atoms with Crippen LogP contribution < -0.4 is 0 Å². The molecule has 7 nitrogen and oxygen atoms in total. The number of rotatable bonds is 3. The van der Waals surface area contributed by atoms with Crippen molar-refractivity contribution in [2.75, 3.05) is 26.2 Å². The number of imidazole rings is 1. The number of aryl methyl sites for hydroxylation is 1. The molecule has 8 heteroatoms. The predicted molar refractivity (Wildman–Crippen MR) is 144 cm³/mol. The van der Waals surface area contributed by atoms with Crippen LogP contribution in [-0.4, -0.2) is 62.2 Å². The Morgan fingerprint density at radius 2 is 1.89 bits per heavy atom. The fourth-order valence-electron chi connectivity index (χ4n) is 4.97. The number of benzene rings is 1. The fourth-order valence-corrected chi connectivity index (χ4v) is 5.30. The van der Waals surface area contributed by atoms with Gasteiger partial charge in [0, 0.05) is 61.4 Å². The van der Waals surface area contributed by atoms with Gasteiger partial charge < -0.3 is 14.2 Å². The molecule has 0 spiro atoms. The van der Waals surface area contributed by atoms with Crippen molar-refractivity contribution in [3.63, 3.8) is 0 Å². The largest absolute Gasteiger partial charge is 0.444 e. The Morgan fingerprint density at radius 1 is 1.14 bits per heavy atom. The lowest BCUT2D eigenvalue weighted by molar-refractivity contribution is 0.0118. The average molecular weight is 551 g/mol. The number of nitrogens with zero attached hydrogens (tertiary/aromatic N) is 5. The van der Waals surface area contributed by atoms with Gasteiger partial charge in [0.15, 0.2) is 0 Å². The summed E-state index contributed by atoms with van der Waals surface area (Å²) >= 11 is 3.65. The molecule has 0 N–H and O–H groups in total. The Bertz CT molecular complexity index is 1300. The zero-order valence-corrected chi connectivity index (χ0v) is 22.8. The Kier molecular flexibility index (Phi) is 6.74. The first-order valence-electron chi connectivity index (χ1n) is 12.3. The number of aromatic nitrogens is 3. The van der Waals surface area contributed by atoms with Crippen molar-refractivity contribution in [1.82, 2.24) is 24.3 Å². The van der Waals surface area contributed by atoms with Crippen LogP contribution in [0.25, 0.3) is 11.6 Å². The van der Waals surface area contributed by atoms with Gasteiger partial charge in [0.05, 0.1) is 11.7 Å². The number of ether oxygens (including phenoxy) is 1. The van der Waals surface area contributed by atoms with Gasteiger partial charge in [0.25, 0.3) is 0 Å². The average Bonchev–Trinajstić information content (AvgIpc) is 3.18. The lowest BCUT2D eigenvalue weighted by Gasteiger charge is -2.40. The molecular weight excluding hydrogens is 518 g/mol. The molecular formula is C28H32BrN5O2. The van der Waals surface area contributed by atoms with Crippen molar-refractivity contribution in [3.8, 4) is 0 Å². The highest BCUT2D eigenvalue weighted by molar-refractivity contribution is 9.10. The Morgan fingerprint density at radius 3 is 2.58 bits per heavy atom. The molecule has 0 unspecified atom stereocenters. The number of hydrogen-bond acceptors (Lipinski definition) is 5. The summed E-state index contributed by atoms with van der Waals surface area (Å²) in [4.78, 5) is 26.3. The van der Waals surface area contributed by atoms with Crippen LogP contribution in [0.4, 0.5) is 4.79 Å². The van der Waals surface area contributed by atoms with E-state index in [1.54, 1.807) is 0 Å². The first kappa shape index (κ1) is 24.7. The van der Waals surface area contributed by atoms with E-state index in [4.69, 9.17) is 9.72 Å². The molecule has 1 fully saturated rings. The van der Waals surface area contributed by atoms with E-state index in [2.05, 4.69) is 66.8 Å². The normalized spacial score (nSPS) is 18.2. The maximum absolute atomic E-state index is 12.7. The number of fused-ring (bicyclic) bond motifs is 2. The summed E-state index contributed by atoms with van der Waals surface area (Å²) in [5.41, 5.74) is 5.30. The lowest BCUT2D eigenvalue weighted by Crippen LogP contribution is -2.51. The number of hydrogen-bond donors (Lipinski definition) is 0. The number of allylic oxidation sites excluding steroid dienone is 1. The molecule has 3 aromatic rings. The van der Waals surface area contributed by atoms with Gasteiger partial charge >= 0.3 is 6.09 Å². The van der Waals surface area contributed by atoms with Crippen LogP contribution in [0.1, 0.15) is 55.0 Å². The second kappa shape index (κ2) is 9.82. The number of carbonyl (C=O) groups is 1. The molecule has 5 rings (SSSR count). The van der Waals surface area contributed by atoms with E-state index in [1.807, 2.05) is 51.2 Å². The number of pyridine rings is 1. The standard InChI is InChI=1S/C28H32BrN5O2/c1-19-30-9-10-34(19)18-21-15-20-7-5-6-8-23(20)26(25-24(21)16-22(29)17-31-25)32-11-13-33(14-12-32)27(35)36-28(2,3)4/h5-10,15-17,26H,11-14,18H2,1-4H3/t26-/m1/s1. The molecule has 1 aliphatic heterocycles. The Labute approximate surface area is 220 Å². The van der Waals surface area contributed by atoms with E-state index in [-0.39, 0.29) is 12.1 Å². The molecule has 1 amide bonds. The summed E-state index contributed by atoms with van der Waals surface area (Å²) in [5.74, 6) is 0.979. The van der Waals surface area contributed by atoms with Crippen LogP contribution in [0.5, 0.6) is 0 Å². The van der Waals surface area contributed by atoms with Crippen LogP contribution in [0.15, 0.2) is 53.4 Å². The van der Waals surface area contributed by atoms with Gasteiger partial charge in [-0.05, 0) is 72.5 Å². The number of amides is 1. The van der Waals surface area contributed by atoms with E-state index in [0.717, 1.165) is 34.6 Å². The van der Waals surface area contributed by atoms with E-state index in [9.17, 15) is 4.79 Å². The van der Waals surface area contributed by atoms with Crippen LogP contribution in [-0.2, 0) is 11.3 Å². The summed E-state index contributed by atoms with van der Waals surface area (Å²) in [6.07, 6.45) is 7.79. The Hall–Kier alpha value is -2.97. The van der Waals surface area contributed by atoms with Crippen molar-refractivity contribution in [2.24, 2.45) is 0 Å². The van der Waals surface area contributed by atoms with E-state index < -0.39 is 5.60 Å². The summed E-state index contributed by atoms with van der Waals surface area (Å²) < 4.78 is 8.73. The molecule has 1 atom stereocenters. The lowest BCUT2D eigenvalue weighted by atomic mass is 9.95. The van der Waals surface area contributed by atoms with Gasteiger partial charge in [0.2, 0.25) is 0 Å². The monoisotopic (exact) mass is 549 g/mol. The topological polar surface area (TPSA) is 63.5 Å². The van der Waals surface area contributed by atoms with Gasteiger partial charge in [-0.2, -0.15) is 0 Å². The smallest absolute Gasteiger partial charge is 0.410 e. The van der Waals surface area contributed by atoms with Gasteiger partial charge in [-0.25, -0.2) is 9.78 Å². The maximum Gasteiger partial charge on any atom is 0.410 e. The second-order valence-corrected chi connectivity index (χ2v) is 11.3. The van der Waals surface area contributed by atoms with Crippen LogP contribution >= 0.6 is 15.9 Å². The van der Waals surface area contributed by atoms with Crippen LogP contribution in [0.2, 0.25) is 0 Å². The number of piperazine rings is 1. The van der Waals surface area contributed by atoms with Gasteiger partial charge in [-0.3, -0.25) is 9.88 Å². The molecule has 1 aliphatic carbocycles. The van der Waals surface area contributed by atoms with Gasteiger partial charge in [-0.15, -0.1) is 0 Å². The fraction of sp³-hybridized carbons (Fsp3) is 0.393. The minimum atomic E-state index is -0.500. The molecule has 2 aromatic heterocycles. The summed E-state index contributed by atoms with van der Waals surface area (Å²) in [6, 6.07) is 10.7. The molecule has 3 heterocycles. The van der Waals surface area contributed by atoms with Crippen molar-refractivity contribution < 1.29 is 9.53 Å². The highest BCUT2D eigenvalue weighted by atomic mass is 79.9. The second-order valence-electron chi connectivity index (χ2n) is 10.4. The molecule has 1 saturated heterocycles. The predicted octanol–water partition coefficient (Wildman–Crippen LogP) is 5.55. The SMILES string of the molecule is Cc1nccn1CC1=Cc2ccccc2[C@@H](N2CCN(C(=O)OC(C)(C)C)CC2)c2ncc(Br)cc21. The quantitative estimate of drug-likeness (QED) is 0.428. The van der Waals surface area contributed by atoms with Gasteiger partial charge in [-0.1, -0.05) is 24.3 Å². The van der Waals surface area contributed by atoms with Crippen molar-refractivity contribution in [2.45, 2.75) is 45.9 Å². The minimum Gasteiger partial charge on any atom is -0.444 e. The summed E-state index contributed by atoms with van der Waals surface area (Å²) in [6.45, 7) is 11.2. The van der Waals surface area contributed by atoms with E-state index in [0.29, 0.717) is 19.6 Å². The van der Waals surface area contributed by atoms with Crippen LogP contribution in [0.3, 0.4) is 0 Å².